The van der Waals surface area contributed by atoms with Crippen LogP contribution in [0.15, 0.2) is 0 Å². The van der Waals surface area contributed by atoms with Gasteiger partial charge in [0.15, 0.2) is 0 Å². The molecule has 0 aromatic heterocycles. The second-order valence-electron chi connectivity index (χ2n) is 2.35. The number of ether oxygens (including phenoxy) is 1. The lowest BCUT2D eigenvalue weighted by Crippen LogP contribution is -2.22. The molecule has 0 aromatic carbocycles. The second-order valence-corrected chi connectivity index (χ2v) is 2.35. The summed E-state index contributed by atoms with van der Waals surface area (Å²) in [5.74, 6) is -0.287. The first-order valence-corrected chi connectivity index (χ1v) is 2.47. The highest BCUT2D eigenvalue weighted by molar-refractivity contribution is 5.66. The van der Waals surface area contributed by atoms with Gasteiger partial charge in [0.05, 0.1) is 0 Å². The maximum Gasteiger partial charge on any atom is 0.303 e. The summed E-state index contributed by atoms with van der Waals surface area (Å²) in [7, 11) is 0. The van der Waals surface area contributed by atoms with Crippen molar-refractivity contribution in [2.45, 2.75) is 26.4 Å². The first kappa shape index (κ1) is 7.47. The van der Waals surface area contributed by atoms with Gasteiger partial charge in [-0.15, -0.1) is 0 Å². The van der Waals surface area contributed by atoms with Crippen LogP contribution in [0.25, 0.3) is 0 Å². The topological polar surface area (TPSA) is 26.3 Å². The Labute approximate surface area is 49.8 Å². The van der Waals surface area contributed by atoms with Gasteiger partial charge in [-0.1, -0.05) is 0 Å². The molecule has 1 radical (unpaired) electrons. The fourth-order valence-corrected chi connectivity index (χ4v) is 0.389. The third kappa shape index (κ3) is 5.47. The van der Waals surface area contributed by atoms with Crippen LogP contribution < -0.4 is 0 Å². The lowest BCUT2D eigenvalue weighted by Gasteiger charge is -2.17. The first-order chi connectivity index (χ1) is 3.42. The van der Waals surface area contributed by atoms with Crippen LogP contribution in [0.3, 0.4) is 0 Å². The molecule has 0 unspecified atom stereocenters. The molecule has 0 amide bonds. The lowest BCUT2D eigenvalue weighted by molar-refractivity contribution is -0.149. The zero-order valence-electron chi connectivity index (χ0n) is 5.52. The summed E-state index contributed by atoms with van der Waals surface area (Å²) in [5.41, 5.74) is -0.578. The molecule has 0 bridgehead atoms. The number of hydrogen-bond acceptors (Lipinski definition) is 2. The highest BCUT2D eigenvalue weighted by Gasteiger charge is 2.11. The van der Waals surface area contributed by atoms with E-state index in [1.807, 2.05) is 0 Å². The average molecular weight is 115 g/mol. The summed E-state index contributed by atoms with van der Waals surface area (Å²) >= 11 is 0. The summed E-state index contributed by atoms with van der Waals surface area (Å²) in [5, 5.41) is 0. The Kier molecular flexibility index (Phi) is 2.02. The van der Waals surface area contributed by atoms with Crippen LogP contribution >= 0.6 is 0 Å². The van der Waals surface area contributed by atoms with Crippen molar-refractivity contribution < 1.29 is 9.53 Å². The van der Waals surface area contributed by atoms with Crippen LogP contribution in [0, 0.1) is 6.92 Å². The molecular weight excluding hydrogens is 104 g/mol. The zero-order chi connectivity index (χ0) is 6.78. The van der Waals surface area contributed by atoms with Gasteiger partial charge in [0.1, 0.15) is 5.60 Å². The van der Waals surface area contributed by atoms with Crippen molar-refractivity contribution in [2.24, 2.45) is 0 Å². The van der Waals surface area contributed by atoms with Gasteiger partial charge in [-0.2, -0.15) is 0 Å². The Morgan fingerprint density at radius 2 is 2.00 bits per heavy atom. The fourth-order valence-electron chi connectivity index (χ4n) is 0.389. The van der Waals surface area contributed by atoms with Gasteiger partial charge in [-0.25, -0.2) is 0 Å². The molecule has 0 fully saturated rings. The van der Waals surface area contributed by atoms with Crippen LogP contribution in [0.4, 0.5) is 0 Å². The van der Waals surface area contributed by atoms with Gasteiger partial charge < -0.3 is 4.74 Å². The van der Waals surface area contributed by atoms with Crippen LogP contribution in [0.1, 0.15) is 20.8 Å². The van der Waals surface area contributed by atoms with E-state index in [0.29, 0.717) is 0 Å². The molecule has 47 valence electrons. The highest BCUT2D eigenvalue weighted by Crippen LogP contribution is 2.04. The minimum Gasteiger partial charge on any atom is -0.460 e. The molecule has 2 heteroatoms. The zero-order valence-corrected chi connectivity index (χ0v) is 5.52. The second kappa shape index (κ2) is 2.16. The highest BCUT2D eigenvalue weighted by atomic mass is 16.6. The lowest BCUT2D eigenvalue weighted by atomic mass is 10.2. The van der Waals surface area contributed by atoms with E-state index in [4.69, 9.17) is 0 Å². The number of hydrogen-bond donors (Lipinski definition) is 0. The Balaban J connectivity index is 3.55. The quantitative estimate of drug-likeness (QED) is 0.479. The van der Waals surface area contributed by atoms with Gasteiger partial charge in [0, 0.05) is 6.92 Å². The summed E-state index contributed by atoms with van der Waals surface area (Å²) in [6.07, 6.45) is 0. The molecule has 0 aromatic rings. The smallest absolute Gasteiger partial charge is 0.303 e. The molecule has 0 rings (SSSR count). The summed E-state index contributed by atoms with van der Waals surface area (Å²) in [6.45, 7) is 8.40. The maximum absolute atomic E-state index is 10.2. The molecule has 0 heterocycles. The van der Waals surface area contributed by atoms with E-state index in [2.05, 4.69) is 11.7 Å². The van der Waals surface area contributed by atoms with Crippen LogP contribution in [-0.4, -0.2) is 11.6 Å². The predicted molar refractivity (Wildman–Crippen MR) is 31.2 cm³/mol. The summed E-state index contributed by atoms with van der Waals surface area (Å²) in [6, 6.07) is 0. The molecular formula is C6H11O2. The molecule has 0 saturated heterocycles. The monoisotopic (exact) mass is 115 g/mol. The van der Waals surface area contributed by atoms with Crippen LogP contribution in [0.5, 0.6) is 0 Å². The number of carbonyl (C=O) groups excluding carboxylic acids is 1. The normalized spacial score (nSPS) is 11.0. The summed E-state index contributed by atoms with van der Waals surface area (Å²) in [4.78, 5) is 10.2. The largest absolute Gasteiger partial charge is 0.460 e. The minimum absolute atomic E-state index is 0.287. The van der Waals surface area contributed by atoms with Crippen molar-refractivity contribution in [3.63, 3.8) is 0 Å². The molecule has 0 aliphatic carbocycles. The van der Waals surface area contributed by atoms with Crippen LogP contribution in [0.2, 0.25) is 0 Å². The molecule has 8 heavy (non-hydrogen) atoms. The fraction of sp³-hybridized carbons (Fsp3) is 0.667. The van der Waals surface area contributed by atoms with Crippen molar-refractivity contribution in [3.8, 4) is 0 Å². The molecule has 0 N–H and O–H groups in total. The van der Waals surface area contributed by atoms with E-state index in [9.17, 15) is 4.79 Å². The van der Waals surface area contributed by atoms with Gasteiger partial charge in [-0.05, 0) is 20.8 Å². The predicted octanol–water partition coefficient (Wildman–Crippen LogP) is 1.16. The molecule has 0 spiro atoms. The van der Waals surface area contributed by atoms with Gasteiger partial charge in [0.2, 0.25) is 0 Å². The SMILES string of the molecule is [CH2]C(C)(C)OC(C)=O. The molecule has 0 aliphatic heterocycles. The molecule has 2 nitrogen and oxygen atoms in total. The van der Waals surface area contributed by atoms with Crippen molar-refractivity contribution in [1.29, 1.82) is 0 Å². The van der Waals surface area contributed by atoms with E-state index in [1.54, 1.807) is 13.8 Å². The Morgan fingerprint density at radius 3 is 2.00 bits per heavy atom. The Morgan fingerprint density at radius 1 is 1.62 bits per heavy atom. The number of esters is 1. The first-order valence-electron chi connectivity index (χ1n) is 2.47. The minimum atomic E-state index is -0.578. The van der Waals surface area contributed by atoms with Crippen molar-refractivity contribution in [2.75, 3.05) is 0 Å². The Hall–Kier alpha value is -0.530. The van der Waals surface area contributed by atoms with E-state index in [0.717, 1.165) is 0 Å². The van der Waals surface area contributed by atoms with E-state index < -0.39 is 5.60 Å². The number of carbonyl (C=O) groups is 1. The van der Waals surface area contributed by atoms with Gasteiger partial charge in [0.25, 0.3) is 0 Å². The van der Waals surface area contributed by atoms with E-state index in [-0.39, 0.29) is 5.97 Å². The van der Waals surface area contributed by atoms with Crippen molar-refractivity contribution in [1.82, 2.24) is 0 Å². The number of rotatable bonds is 1. The molecule has 0 atom stereocenters. The molecule has 0 saturated carbocycles. The molecule has 0 aliphatic rings. The summed E-state index contributed by atoms with van der Waals surface area (Å²) < 4.78 is 4.69. The average Bonchev–Trinajstić information content (AvgIpc) is 1.21. The third-order valence-corrected chi connectivity index (χ3v) is 0.420. The van der Waals surface area contributed by atoms with Gasteiger partial charge >= 0.3 is 5.97 Å². The van der Waals surface area contributed by atoms with Crippen molar-refractivity contribution in [3.05, 3.63) is 6.92 Å². The van der Waals surface area contributed by atoms with Crippen LogP contribution in [-0.2, 0) is 9.53 Å². The van der Waals surface area contributed by atoms with Crippen molar-refractivity contribution >= 4 is 5.97 Å². The Bertz CT molecular complexity index is 89.2. The van der Waals surface area contributed by atoms with E-state index >= 15 is 0 Å². The van der Waals surface area contributed by atoms with Gasteiger partial charge in [-0.3, -0.25) is 4.79 Å². The third-order valence-electron chi connectivity index (χ3n) is 0.420. The maximum atomic E-state index is 10.2. The van der Waals surface area contributed by atoms with E-state index in [1.165, 1.54) is 6.92 Å². The standard InChI is InChI=1S/C6H11O2/c1-5(7)8-6(2,3)4/h2H2,1,3-4H3.